The number of halogens is 1. The fourth-order valence-electron chi connectivity index (χ4n) is 2.17. The Balaban J connectivity index is 1.51. The van der Waals surface area contributed by atoms with Crippen molar-refractivity contribution >= 4 is 23.2 Å². The van der Waals surface area contributed by atoms with E-state index in [0.29, 0.717) is 35.2 Å². The van der Waals surface area contributed by atoms with Crippen molar-refractivity contribution in [2.24, 2.45) is 0 Å². The van der Waals surface area contributed by atoms with Gasteiger partial charge >= 0.3 is 0 Å². The summed E-state index contributed by atoms with van der Waals surface area (Å²) < 4.78 is 5.61. The van der Waals surface area contributed by atoms with Gasteiger partial charge in [0.15, 0.2) is 0 Å². The van der Waals surface area contributed by atoms with E-state index in [2.05, 4.69) is 15.3 Å². The number of amides is 1. The van der Waals surface area contributed by atoms with Gasteiger partial charge in [0, 0.05) is 29.9 Å². The van der Waals surface area contributed by atoms with E-state index >= 15 is 0 Å². The van der Waals surface area contributed by atoms with Gasteiger partial charge in [-0.15, -0.1) is 0 Å². The molecule has 0 saturated heterocycles. The number of carbonyl (C=O) groups excluding carboxylic acids is 1. The van der Waals surface area contributed by atoms with Crippen LogP contribution in [0, 0.1) is 0 Å². The van der Waals surface area contributed by atoms with Crippen molar-refractivity contribution in [1.29, 1.82) is 0 Å². The molecule has 2 aromatic heterocycles. The third kappa shape index (κ3) is 5.29. The molecule has 3 aromatic rings. The largest absolute Gasteiger partial charge is 0.439 e. The first kappa shape index (κ1) is 16.9. The summed E-state index contributed by atoms with van der Waals surface area (Å²) in [7, 11) is 0. The Morgan fingerprint density at radius 1 is 1.08 bits per heavy atom. The van der Waals surface area contributed by atoms with Crippen molar-refractivity contribution in [2.75, 3.05) is 5.32 Å². The van der Waals surface area contributed by atoms with Crippen LogP contribution in [0.15, 0.2) is 67.1 Å². The molecule has 0 aliphatic carbocycles. The average molecular weight is 354 g/mol. The lowest BCUT2D eigenvalue weighted by atomic mass is 10.1. The van der Waals surface area contributed by atoms with Gasteiger partial charge in [0.05, 0.1) is 11.9 Å². The van der Waals surface area contributed by atoms with Gasteiger partial charge < -0.3 is 10.1 Å². The normalized spacial score (nSPS) is 10.3. The second-order valence-corrected chi connectivity index (χ2v) is 5.79. The molecule has 1 amide bonds. The Kier molecular flexibility index (Phi) is 5.59. The maximum absolute atomic E-state index is 12.0. The molecular formula is C19H16ClN3O2. The predicted molar refractivity (Wildman–Crippen MR) is 97.0 cm³/mol. The molecule has 0 saturated carbocycles. The van der Waals surface area contributed by atoms with Crippen LogP contribution in [0.1, 0.15) is 12.0 Å². The van der Waals surface area contributed by atoms with E-state index in [1.54, 1.807) is 55.0 Å². The van der Waals surface area contributed by atoms with E-state index in [-0.39, 0.29) is 5.91 Å². The second kappa shape index (κ2) is 8.26. The topological polar surface area (TPSA) is 64.1 Å². The molecule has 0 fully saturated rings. The quantitative estimate of drug-likeness (QED) is 0.709. The van der Waals surface area contributed by atoms with Crippen LogP contribution < -0.4 is 10.1 Å². The second-order valence-electron chi connectivity index (χ2n) is 5.35. The molecule has 0 atom stereocenters. The molecule has 2 heterocycles. The van der Waals surface area contributed by atoms with Crippen LogP contribution in [-0.4, -0.2) is 15.9 Å². The zero-order valence-electron chi connectivity index (χ0n) is 13.4. The molecule has 0 radical (unpaired) electrons. The molecule has 0 aliphatic heterocycles. The molecule has 0 spiro atoms. The Labute approximate surface area is 150 Å². The fraction of sp³-hybridized carbons (Fsp3) is 0.105. The fourth-order valence-corrected chi connectivity index (χ4v) is 2.29. The molecule has 3 rings (SSSR count). The first-order valence-electron chi connectivity index (χ1n) is 7.77. The highest BCUT2D eigenvalue weighted by atomic mass is 35.5. The van der Waals surface area contributed by atoms with Crippen LogP contribution in [0.2, 0.25) is 5.02 Å². The molecule has 6 heteroatoms. The number of hydrogen-bond donors (Lipinski definition) is 1. The summed E-state index contributed by atoms with van der Waals surface area (Å²) in [5.41, 5.74) is 1.65. The number of pyridine rings is 2. The smallest absolute Gasteiger partial charge is 0.224 e. The summed E-state index contributed by atoms with van der Waals surface area (Å²) >= 11 is 5.83. The number of aromatic nitrogens is 2. The van der Waals surface area contributed by atoms with Gasteiger partial charge in [-0.1, -0.05) is 17.7 Å². The zero-order chi connectivity index (χ0) is 17.5. The van der Waals surface area contributed by atoms with Crippen LogP contribution in [0.3, 0.4) is 0 Å². The minimum Gasteiger partial charge on any atom is -0.439 e. The van der Waals surface area contributed by atoms with Gasteiger partial charge in [-0.25, -0.2) is 4.98 Å². The van der Waals surface area contributed by atoms with Gasteiger partial charge in [0.2, 0.25) is 11.8 Å². The average Bonchev–Trinajstić information content (AvgIpc) is 2.64. The maximum atomic E-state index is 12.0. The molecule has 1 N–H and O–H groups in total. The van der Waals surface area contributed by atoms with E-state index in [4.69, 9.17) is 16.3 Å². The number of rotatable bonds is 6. The van der Waals surface area contributed by atoms with Crippen LogP contribution in [-0.2, 0) is 11.2 Å². The number of nitrogens with zero attached hydrogens (tertiary/aromatic N) is 2. The lowest BCUT2D eigenvalue weighted by molar-refractivity contribution is -0.116. The first-order chi connectivity index (χ1) is 12.2. The van der Waals surface area contributed by atoms with Crippen molar-refractivity contribution in [3.63, 3.8) is 0 Å². The number of carbonyl (C=O) groups is 1. The number of aryl methyl sites for hydroxylation is 1. The van der Waals surface area contributed by atoms with Crippen molar-refractivity contribution in [3.05, 3.63) is 77.7 Å². The van der Waals surface area contributed by atoms with Gasteiger partial charge in [-0.3, -0.25) is 9.78 Å². The Morgan fingerprint density at radius 3 is 2.60 bits per heavy atom. The highest BCUT2D eigenvalue weighted by Gasteiger charge is 2.05. The summed E-state index contributed by atoms with van der Waals surface area (Å²) in [4.78, 5) is 20.2. The maximum Gasteiger partial charge on any atom is 0.224 e. The SMILES string of the molecule is O=C(CCc1cccnc1)Nc1ccc(Oc2ccc(Cl)cc2)nc1. The molecular weight excluding hydrogens is 338 g/mol. The molecule has 126 valence electrons. The van der Waals surface area contributed by atoms with Crippen LogP contribution in [0.4, 0.5) is 5.69 Å². The molecule has 0 unspecified atom stereocenters. The van der Waals surface area contributed by atoms with Crippen LogP contribution in [0.25, 0.3) is 0 Å². The van der Waals surface area contributed by atoms with Gasteiger partial charge in [-0.2, -0.15) is 0 Å². The Bertz CT molecular complexity index is 822. The summed E-state index contributed by atoms with van der Waals surface area (Å²) in [6.07, 6.45) is 6.06. The zero-order valence-corrected chi connectivity index (χ0v) is 14.1. The third-order valence-corrected chi connectivity index (χ3v) is 3.67. The van der Waals surface area contributed by atoms with Gasteiger partial charge in [0.25, 0.3) is 0 Å². The minimum absolute atomic E-state index is 0.0722. The van der Waals surface area contributed by atoms with E-state index in [1.165, 1.54) is 0 Å². The first-order valence-corrected chi connectivity index (χ1v) is 8.15. The lowest BCUT2D eigenvalue weighted by Gasteiger charge is -2.07. The predicted octanol–water partition coefficient (Wildman–Crippen LogP) is 4.49. The number of anilines is 1. The number of hydrogen-bond acceptors (Lipinski definition) is 4. The highest BCUT2D eigenvalue weighted by molar-refractivity contribution is 6.30. The molecule has 0 bridgehead atoms. The summed E-state index contributed by atoms with van der Waals surface area (Å²) in [5.74, 6) is 1.01. The van der Waals surface area contributed by atoms with Crippen molar-refractivity contribution in [2.45, 2.75) is 12.8 Å². The Hall–Kier alpha value is -2.92. The van der Waals surface area contributed by atoms with Crippen LogP contribution >= 0.6 is 11.6 Å². The van der Waals surface area contributed by atoms with E-state index in [1.807, 2.05) is 12.1 Å². The standard InChI is InChI=1S/C19H16ClN3O2/c20-15-4-7-17(8-5-15)25-19-10-6-16(13-22-19)23-18(24)9-3-14-2-1-11-21-12-14/h1-2,4-8,10-13H,3,9H2,(H,23,24). The van der Waals surface area contributed by atoms with Crippen LogP contribution in [0.5, 0.6) is 11.6 Å². The number of benzene rings is 1. The van der Waals surface area contributed by atoms with E-state index < -0.39 is 0 Å². The van der Waals surface area contributed by atoms with Gasteiger partial charge in [0.1, 0.15) is 5.75 Å². The monoisotopic (exact) mass is 353 g/mol. The molecule has 0 aliphatic rings. The minimum atomic E-state index is -0.0722. The van der Waals surface area contributed by atoms with Gasteiger partial charge in [-0.05, 0) is 48.4 Å². The summed E-state index contributed by atoms with van der Waals surface area (Å²) in [6.45, 7) is 0. The molecule has 1 aromatic carbocycles. The molecule has 5 nitrogen and oxygen atoms in total. The van der Waals surface area contributed by atoms with Crippen molar-refractivity contribution < 1.29 is 9.53 Å². The lowest BCUT2D eigenvalue weighted by Crippen LogP contribution is -2.12. The number of ether oxygens (including phenoxy) is 1. The van der Waals surface area contributed by atoms with Crippen molar-refractivity contribution in [3.8, 4) is 11.6 Å². The highest BCUT2D eigenvalue weighted by Crippen LogP contribution is 2.22. The molecule has 25 heavy (non-hydrogen) atoms. The third-order valence-electron chi connectivity index (χ3n) is 3.42. The van der Waals surface area contributed by atoms with Crippen molar-refractivity contribution in [1.82, 2.24) is 9.97 Å². The summed E-state index contributed by atoms with van der Waals surface area (Å²) in [6, 6.07) is 14.3. The summed E-state index contributed by atoms with van der Waals surface area (Å²) in [5, 5.41) is 3.46. The Morgan fingerprint density at radius 2 is 1.92 bits per heavy atom. The number of nitrogens with one attached hydrogen (secondary N) is 1. The van der Waals surface area contributed by atoms with E-state index in [9.17, 15) is 4.79 Å². The van der Waals surface area contributed by atoms with E-state index in [0.717, 1.165) is 5.56 Å².